The lowest BCUT2D eigenvalue weighted by atomic mass is 10.2. The molecule has 0 aliphatic heterocycles. The van der Waals surface area contributed by atoms with Crippen molar-refractivity contribution in [3.8, 4) is 0 Å². The van der Waals surface area contributed by atoms with Crippen LogP contribution in [0, 0.1) is 12.8 Å². The van der Waals surface area contributed by atoms with Crippen molar-refractivity contribution < 1.29 is 4.79 Å². The normalized spacial score (nSPS) is 10.6. The topological polar surface area (TPSA) is 66.9 Å². The van der Waals surface area contributed by atoms with E-state index in [1.54, 1.807) is 24.4 Å². The number of carbonyl (C=O) groups is 1. The number of aryl methyl sites for hydroxylation is 1. The van der Waals surface area contributed by atoms with Gasteiger partial charge in [-0.2, -0.15) is 0 Å². The van der Waals surface area contributed by atoms with E-state index in [0.29, 0.717) is 22.4 Å². The van der Waals surface area contributed by atoms with E-state index in [1.165, 1.54) is 6.20 Å². The molecule has 0 atom stereocenters. The van der Waals surface area contributed by atoms with Crippen LogP contribution in [0.4, 0.5) is 11.5 Å². The lowest BCUT2D eigenvalue weighted by Gasteiger charge is -2.09. The smallest absolute Gasteiger partial charge is 0.275 e. The van der Waals surface area contributed by atoms with E-state index in [2.05, 4.69) is 34.4 Å². The summed E-state index contributed by atoms with van der Waals surface area (Å²) in [5, 5.41) is 6.59. The molecule has 0 fully saturated rings. The molecule has 0 radical (unpaired) electrons. The number of nitrogens with zero attached hydrogens (tertiary/aromatic N) is 2. The summed E-state index contributed by atoms with van der Waals surface area (Å²) in [5.74, 6) is 0.874. The minimum atomic E-state index is -0.298. The van der Waals surface area contributed by atoms with Gasteiger partial charge < -0.3 is 10.6 Å². The van der Waals surface area contributed by atoms with Crippen LogP contribution in [0.25, 0.3) is 0 Å². The van der Waals surface area contributed by atoms with Crippen LogP contribution in [-0.4, -0.2) is 22.4 Å². The molecule has 5 nitrogen and oxygen atoms in total. The molecule has 1 amide bonds. The van der Waals surface area contributed by atoms with Gasteiger partial charge in [-0.05, 0) is 36.6 Å². The van der Waals surface area contributed by atoms with Crippen molar-refractivity contribution in [3.63, 3.8) is 0 Å². The SMILES string of the molecule is Cc1cc(Cl)ccc1NC(=O)c1cnc(NCC(C)C)cn1. The standard InChI is InChI=1S/C16H19ClN4O/c1-10(2)7-19-15-9-18-14(8-20-15)16(22)21-13-5-4-12(17)6-11(13)3/h4-6,8-10H,7H2,1-3H3,(H,19,20)(H,21,22). The second-order valence-corrected chi connectivity index (χ2v) is 5.91. The highest BCUT2D eigenvalue weighted by atomic mass is 35.5. The van der Waals surface area contributed by atoms with Crippen molar-refractivity contribution in [1.82, 2.24) is 9.97 Å². The van der Waals surface area contributed by atoms with Crippen LogP contribution in [0.5, 0.6) is 0 Å². The van der Waals surface area contributed by atoms with Gasteiger partial charge in [0.15, 0.2) is 0 Å². The van der Waals surface area contributed by atoms with Gasteiger partial charge in [-0.25, -0.2) is 9.97 Å². The second kappa shape index (κ2) is 7.22. The van der Waals surface area contributed by atoms with Crippen molar-refractivity contribution in [1.29, 1.82) is 0 Å². The summed E-state index contributed by atoms with van der Waals surface area (Å²) < 4.78 is 0. The number of carbonyl (C=O) groups excluding carboxylic acids is 1. The zero-order valence-corrected chi connectivity index (χ0v) is 13.6. The first-order valence-corrected chi connectivity index (χ1v) is 7.47. The zero-order chi connectivity index (χ0) is 16.1. The molecule has 1 aromatic heterocycles. The number of nitrogens with one attached hydrogen (secondary N) is 2. The first-order chi connectivity index (χ1) is 10.5. The molecule has 0 aliphatic rings. The van der Waals surface area contributed by atoms with Crippen LogP contribution >= 0.6 is 11.6 Å². The number of aromatic nitrogens is 2. The lowest BCUT2D eigenvalue weighted by Crippen LogP contribution is -2.16. The summed E-state index contributed by atoms with van der Waals surface area (Å²) in [5.41, 5.74) is 1.87. The van der Waals surface area contributed by atoms with Gasteiger partial charge in [-0.3, -0.25) is 4.79 Å². The Morgan fingerprint density at radius 1 is 1.27 bits per heavy atom. The van der Waals surface area contributed by atoms with Gasteiger partial charge in [-0.15, -0.1) is 0 Å². The van der Waals surface area contributed by atoms with Crippen molar-refractivity contribution in [2.24, 2.45) is 5.92 Å². The van der Waals surface area contributed by atoms with Crippen LogP contribution < -0.4 is 10.6 Å². The minimum absolute atomic E-state index is 0.268. The molecule has 0 bridgehead atoms. The number of halogens is 1. The van der Waals surface area contributed by atoms with Crippen LogP contribution in [0.2, 0.25) is 5.02 Å². The van der Waals surface area contributed by atoms with Gasteiger partial charge in [0.05, 0.1) is 12.4 Å². The number of hydrogen-bond donors (Lipinski definition) is 2. The first-order valence-electron chi connectivity index (χ1n) is 7.09. The Hall–Kier alpha value is -2.14. The summed E-state index contributed by atoms with van der Waals surface area (Å²) >= 11 is 5.90. The van der Waals surface area contributed by atoms with Gasteiger partial charge in [-0.1, -0.05) is 25.4 Å². The Kier molecular flexibility index (Phi) is 5.33. The average molecular weight is 319 g/mol. The van der Waals surface area contributed by atoms with Crippen molar-refractivity contribution in [3.05, 3.63) is 46.9 Å². The van der Waals surface area contributed by atoms with Gasteiger partial charge in [0, 0.05) is 17.3 Å². The van der Waals surface area contributed by atoms with E-state index < -0.39 is 0 Å². The quantitative estimate of drug-likeness (QED) is 0.881. The summed E-state index contributed by atoms with van der Waals surface area (Å²) in [6.07, 6.45) is 3.02. The largest absolute Gasteiger partial charge is 0.369 e. The fourth-order valence-corrected chi connectivity index (χ4v) is 2.03. The fraction of sp³-hybridized carbons (Fsp3) is 0.312. The third kappa shape index (κ3) is 4.43. The van der Waals surface area contributed by atoms with E-state index in [9.17, 15) is 4.79 Å². The number of rotatable bonds is 5. The van der Waals surface area contributed by atoms with Gasteiger partial charge in [0.25, 0.3) is 5.91 Å². The molecule has 2 N–H and O–H groups in total. The molecule has 1 heterocycles. The molecule has 2 aromatic rings. The van der Waals surface area contributed by atoms with E-state index in [0.717, 1.165) is 12.1 Å². The molecule has 0 aliphatic carbocycles. The maximum absolute atomic E-state index is 12.2. The van der Waals surface area contributed by atoms with E-state index in [1.807, 2.05) is 6.92 Å². The highest BCUT2D eigenvalue weighted by Gasteiger charge is 2.10. The lowest BCUT2D eigenvalue weighted by molar-refractivity contribution is 0.102. The molecule has 0 unspecified atom stereocenters. The number of amides is 1. The number of anilines is 2. The molecule has 6 heteroatoms. The van der Waals surface area contributed by atoms with Crippen LogP contribution in [0.15, 0.2) is 30.6 Å². The predicted octanol–water partition coefficient (Wildman–Crippen LogP) is 3.76. The summed E-state index contributed by atoms with van der Waals surface area (Å²) in [4.78, 5) is 20.5. The third-order valence-corrected chi connectivity index (χ3v) is 3.25. The van der Waals surface area contributed by atoms with Crippen molar-refractivity contribution >= 4 is 29.0 Å². The highest BCUT2D eigenvalue weighted by Crippen LogP contribution is 2.20. The van der Waals surface area contributed by atoms with Gasteiger partial charge in [0.2, 0.25) is 0 Å². The monoisotopic (exact) mass is 318 g/mol. The Labute approximate surface area is 135 Å². The number of benzene rings is 1. The average Bonchev–Trinajstić information content (AvgIpc) is 2.48. The zero-order valence-electron chi connectivity index (χ0n) is 12.9. The molecule has 0 saturated carbocycles. The molecular formula is C16H19ClN4O. The van der Waals surface area contributed by atoms with Crippen molar-refractivity contribution in [2.75, 3.05) is 17.2 Å². The van der Waals surface area contributed by atoms with Gasteiger partial charge in [0.1, 0.15) is 11.5 Å². The fourth-order valence-electron chi connectivity index (χ4n) is 1.80. The Balaban J connectivity index is 2.03. The minimum Gasteiger partial charge on any atom is -0.369 e. The Morgan fingerprint density at radius 3 is 2.64 bits per heavy atom. The maximum Gasteiger partial charge on any atom is 0.275 e. The third-order valence-electron chi connectivity index (χ3n) is 3.01. The Bertz CT molecular complexity index is 656. The molecule has 1 aromatic carbocycles. The molecule has 22 heavy (non-hydrogen) atoms. The Morgan fingerprint density at radius 2 is 2.05 bits per heavy atom. The summed E-state index contributed by atoms with van der Waals surface area (Å²) in [7, 11) is 0. The molecule has 0 spiro atoms. The van der Waals surface area contributed by atoms with Crippen LogP contribution in [-0.2, 0) is 0 Å². The van der Waals surface area contributed by atoms with Crippen molar-refractivity contribution in [2.45, 2.75) is 20.8 Å². The van der Waals surface area contributed by atoms with Gasteiger partial charge >= 0.3 is 0 Å². The van der Waals surface area contributed by atoms with Crippen LogP contribution in [0.3, 0.4) is 0 Å². The predicted molar refractivity (Wildman–Crippen MR) is 89.5 cm³/mol. The van der Waals surface area contributed by atoms with E-state index >= 15 is 0 Å². The number of hydrogen-bond acceptors (Lipinski definition) is 4. The highest BCUT2D eigenvalue weighted by molar-refractivity contribution is 6.30. The molecule has 0 saturated heterocycles. The summed E-state index contributed by atoms with van der Waals surface area (Å²) in [6, 6.07) is 5.29. The van der Waals surface area contributed by atoms with E-state index in [-0.39, 0.29) is 11.6 Å². The molecule has 2 rings (SSSR count). The maximum atomic E-state index is 12.2. The summed E-state index contributed by atoms with van der Waals surface area (Å²) in [6.45, 7) is 6.91. The first kappa shape index (κ1) is 16.2. The second-order valence-electron chi connectivity index (χ2n) is 5.47. The van der Waals surface area contributed by atoms with Crippen LogP contribution in [0.1, 0.15) is 29.9 Å². The van der Waals surface area contributed by atoms with E-state index in [4.69, 9.17) is 11.6 Å². The molecular weight excluding hydrogens is 300 g/mol. The molecule has 116 valence electrons.